The molecule has 0 saturated heterocycles. The van der Waals surface area contributed by atoms with Gasteiger partial charge in [0.25, 0.3) is 5.91 Å². The molecule has 222 valence electrons. The Morgan fingerprint density at radius 2 is 1.86 bits per heavy atom. The Balaban J connectivity index is 1.73. The minimum Gasteiger partial charge on any atom is -0.383 e. The first kappa shape index (κ1) is 30.5. The minimum absolute atomic E-state index is 0.142. The van der Waals surface area contributed by atoms with Crippen LogP contribution in [-0.4, -0.2) is 70.9 Å². The number of hydrogen-bond donors (Lipinski definition) is 4. The first-order valence-corrected chi connectivity index (χ1v) is 13.7. The van der Waals surface area contributed by atoms with Crippen molar-refractivity contribution < 1.29 is 23.1 Å². The van der Waals surface area contributed by atoms with Gasteiger partial charge in [-0.1, -0.05) is 18.2 Å². The van der Waals surface area contributed by atoms with E-state index in [9.17, 15) is 18.4 Å². The molecule has 0 aliphatic heterocycles. The lowest BCUT2D eigenvalue weighted by molar-refractivity contribution is 0.0950. The predicted octanol–water partition coefficient (Wildman–Crippen LogP) is 3.29. The van der Waals surface area contributed by atoms with Crippen LogP contribution in [-0.2, 0) is 24.4 Å². The Morgan fingerprint density at radius 1 is 1.12 bits per heavy atom. The monoisotopic (exact) mass is 599 g/mol. The molecule has 4 aromatic rings. The Kier molecular flexibility index (Phi) is 10.5. The summed E-state index contributed by atoms with van der Waals surface area (Å²) in [6.45, 7) is 1.78. The highest BCUT2D eigenvalue weighted by atomic mass is 32.1. The van der Waals surface area contributed by atoms with Gasteiger partial charge < -0.3 is 26.4 Å². The number of tetrazole rings is 1. The molecule has 4 rings (SSSR count). The van der Waals surface area contributed by atoms with Crippen LogP contribution in [0.3, 0.4) is 0 Å². The predicted molar refractivity (Wildman–Crippen MR) is 155 cm³/mol. The average Bonchev–Trinajstić information content (AvgIpc) is 3.60. The highest BCUT2D eigenvalue weighted by Crippen LogP contribution is 2.41. The van der Waals surface area contributed by atoms with E-state index in [2.05, 4.69) is 31.4 Å². The van der Waals surface area contributed by atoms with Gasteiger partial charge in [-0.25, -0.2) is 13.6 Å². The molecule has 42 heavy (non-hydrogen) atoms. The summed E-state index contributed by atoms with van der Waals surface area (Å²) in [5.41, 5.74) is 7.44. The van der Waals surface area contributed by atoms with Crippen LogP contribution in [0.1, 0.15) is 21.5 Å². The number of carbonyl (C=O) groups is 2. The number of nitrogens with two attached hydrogens (primary N) is 1. The van der Waals surface area contributed by atoms with Crippen molar-refractivity contribution in [2.75, 3.05) is 44.5 Å². The fourth-order valence-electron chi connectivity index (χ4n) is 4.18. The number of rotatable bonds is 14. The van der Waals surface area contributed by atoms with Crippen LogP contribution in [0, 0.1) is 11.6 Å². The molecule has 0 saturated carbocycles. The van der Waals surface area contributed by atoms with Crippen LogP contribution in [0.4, 0.5) is 24.3 Å². The van der Waals surface area contributed by atoms with Crippen molar-refractivity contribution in [3.63, 3.8) is 0 Å². The van der Waals surface area contributed by atoms with E-state index in [0.29, 0.717) is 48.1 Å². The van der Waals surface area contributed by atoms with Gasteiger partial charge in [0.1, 0.15) is 16.6 Å². The van der Waals surface area contributed by atoms with E-state index in [4.69, 9.17) is 10.5 Å². The van der Waals surface area contributed by atoms with Gasteiger partial charge in [-0.15, -0.1) is 21.5 Å². The van der Waals surface area contributed by atoms with E-state index in [1.165, 1.54) is 40.7 Å². The van der Waals surface area contributed by atoms with Crippen LogP contribution in [0.25, 0.3) is 10.4 Å². The van der Waals surface area contributed by atoms with Crippen LogP contribution < -0.4 is 21.7 Å². The number of amides is 3. The molecular formula is C27H31F2N9O3S. The zero-order valence-corrected chi connectivity index (χ0v) is 23.9. The van der Waals surface area contributed by atoms with Gasteiger partial charge in [-0.05, 0) is 47.7 Å². The van der Waals surface area contributed by atoms with E-state index >= 15 is 0 Å². The molecule has 0 spiro atoms. The van der Waals surface area contributed by atoms with Crippen molar-refractivity contribution in [3.05, 3.63) is 77.1 Å². The van der Waals surface area contributed by atoms with Crippen molar-refractivity contribution in [1.29, 1.82) is 0 Å². The molecule has 0 unspecified atom stereocenters. The highest BCUT2D eigenvalue weighted by Gasteiger charge is 2.26. The normalized spacial score (nSPS) is 11.1. The summed E-state index contributed by atoms with van der Waals surface area (Å²) >= 11 is 1.29. The molecule has 0 aliphatic rings. The molecule has 2 aromatic carbocycles. The maximum Gasteiger partial charge on any atom is 0.316 e. The summed E-state index contributed by atoms with van der Waals surface area (Å²) in [4.78, 5) is 29.1. The molecular weight excluding hydrogens is 568 g/mol. The number of nitrogens with one attached hydrogen (secondary N) is 3. The van der Waals surface area contributed by atoms with Gasteiger partial charge in [-0.2, -0.15) is 4.80 Å². The van der Waals surface area contributed by atoms with E-state index in [-0.39, 0.29) is 24.6 Å². The van der Waals surface area contributed by atoms with Crippen LogP contribution >= 0.6 is 11.3 Å². The smallest absolute Gasteiger partial charge is 0.316 e. The molecule has 2 heterocycles. The summed E-state index contributed by atoms with van der Waals surface area (Å²) in [6.07, 6.45) is 1.30. The van der Waals surface area contributed by atoms with Crippen molar-refractivity contribution in [3.8, 4) is 10.4 Å². The van der Waals surface area contributed by atoms with Crippen molar-refractivity contribution in [2.24, 2.45) is 5.73 Å². The Labute approximate surface area is 244 Å². The number of methoxy groups -OCH3 is 1. The lowest BCUT2D eigenvalue weighted by Gasteiger charge is -2.18. The van der Waals surface area contributed by atoms with E-state index in [1.807, 2.05) is 11.9 Å². The quantitative estimate of drug-likeness (QED) is 0.172. The first-order valence-electron chi connectivity index (χ1n) is 12.9. The molecule has 5 N–H and O–H groups in total. The SMILES string of the molecule is COCCN(C)Cc1c(-c2ccc(NC(N)=O)cc2)sc(NCc2c(F)cccc2F)c1C(=O)NCCn1ncnn1. The molecule has 0 bridgehead atoms. The number of urea groups is 1. The molecule has 0 atom stereocenters. The zero-order valence-electron chi connectivity index (χ0n) is 23.1. The summed E-state index contributed by atoms with van der Waals surface area (Å²) in [7, 11) is 3.51. The second kappa shape index (κ2) is 14.4. The topological polar surface area (TPSA) is 152 Å². The second-order valence-corrected chi connectivity index (χ2v) is 10.3. The highest BCUT2D eigenvalue weighted by molar-refractivity contribution is 7.20. The van der Waals surface area contributed by atoms with Crippen molar-refractivity contribution in [2.45, 2.75) is 19.6 Å². The molecule has 12 nitrogen and oxygen atoms in total. The lowest BCUT2D eigenvalue weighted by Crippen LogP contribution is -2.30. The van der Waals surface area contributed by atoms with Crippen LogP contribution in [0.15, 0.2) is 48.8 Å². The maximum atomic E-state index is 14.4. The Bertz CT molecular complexity index is 1480. The number of benzene rings is 2. The number of halogens is 2. The third-order valence-corrected chi connectivity index (χ3v) is 7.47. The largest absolute Gasteiger partial charge is 0.383 e. The van der Waals surface area contributed by atoms with Crippen molar-refractivity contribution >= 4 is 34.0 Å². The van der Waals surface area contributed by atoms with Gasteiger partial charge in [0, 0.05) is 49.4 Å². The summed E-state index contributed by atoms with van der Waals surface area (Å²) in [5, 5.41) is 20.4. The van der Waals surface area contributed by atoms with Crippen molar-refractivity contribution in [1.82, 2.24) is 30.4 Å². The number of ether oxygens (including phenoxy) is 1. The number of nitrogens with zero attached hydrogens (tertiary/aromatic N) is 5. The van der Waals surface area contributed by atoms with Gasteiger partial charge >= 0.3 is 6.03 Å². The maximum absolute atomic E-state index is 14.4. The van der Waals surface area contributed by atoms with Crippen LogP contribution in [0.2, 0.25) is 0 Å². The number of hydrogen-bond acceptors (Lipinski definition) is 9. The zero-order chi connectivity index (χ0) is 30.1. The summed E-state index contributed by atoms with van der Waals surface area (Å²) in [6, 6.07) is 9.97. The average molecular weight is 600 g/mol. The van der Waals surface area contributed by atoms with E-state index in [0.717, 1.165) is 10.4 Å². The first-order chi connectivity index (χ1) is 20.3. The van der Waals surface area contributed by atoms with Crippen LogP contribution in [0.5, 0.6) is 0 Å². The minimum atomic E-state index is -0.692. The molecule has 0 aliphatic carbocycles. The van der Waals surface area contributed by atoms with E-state index < -0.39 is 17.7 Å². The van der Waals surface area contributed by atoms with E-state index in [1.54, 1.807) is 31.4 Å². The van der Waals surface area contributed by atoms with Gasteiger partial charge in [0.15, 0.2) is 6.33 Å². The standard InChI is InChI=1S/C27H31F2N9O3S/c1-37(12-13-41-2)15-20-23(25(39)31-10-11-38-34-16-33-36-38)26(32-14-19-21(28)4-3-5-22(19)29)42-24(20)17-6-8-18(9-7-17)35-27(30)40/h3-9,16,32H,10-15H2,1-2H3,(H,31,39)(H3,30,35,40). The number of primary amides is 1. The summed E-state index contributed by atoms with van der Waals surface area (Å²) < 4.78 is 34.1. The number of carbonyl (C=O) groups excluding carboxylic acids is 2. The van der Waals surface area contributed by atoms with Gasteiger partial charge in [0.05, 0.1) is 18.7 Å². The number of thiophene rings is 1. The summed E-state index contributed by atoms with van der Waals surface area (Å²) in [5.74, 6) is -1.76. The Morgan fingerprint density at radius 3 is 2.50 bits per heavy atom. The number of likely N-dealkylation sites (N-methyl/N-ethyl adjacent to an activating group) is 1. The lowest BCUT2D eigenvalue weighted by atomic mass is 10.0. The fourth-order valence-corrected chi connectivity index (χ4v) is 5.39. The Hall–Kier alpha value is -4.47. The molecule has 15 heteroatoms. The molecule has 3 amide bonds. The van der Waals surface area contributed by atoms with Gasteiger partial charge in [-0.3, -0.25) is 9.69 Å². The molecule has 2 aromatic heterocycles. The van der Waals surface area contributed by atoms with Gasteiger partial charge in [0.2, 0.25) is 0 Å². The number of aromatic nitrogens is 4. The number of anilines is 2. The molecule has 0 radical (unpaired) electrons. The second-order valence-electron chi connectivity index (χ2n) is 9.25. The third-order valence-electron chi connectivity index (χ3n) is 6.23. The third kappa shape index (κ3) is 7.84. The fraction of sp³-hybridized carbons (Fsp3) is 0.296. The molecule has 0 fully saturated rings.